The molecular weight excluding hydrogens is 214 g/mol. The van der Waals surface area contributed by atoms with Crippen LogP contribution in [-0.4, -0.2) is 38.4 Å². The highest BCUT2D eigenvalue weighted by Crippen LogP contribution is 1.92. The summed E-state index contributed by atoms with van der Waals surface area (Å²) in [5.41, 5.74) is 0. The molecule has 8 nitrogen and oxygen atoms in total. The van der Waals surface area contributed by atoms with Crippen molar-refractivity contribution in [3.8, 4) is 0 Å². The van der Waals surface area contributed by atoms with Gasteiger partial charge in [0.25, 0.3) is 0 Å². The SMILES string of the molecule is CCn1ncnc1CNC(=O)NCC(=O)O. The van der Waals surface area contributed by atoms with Gasteiger partial charge in [-0.2, -0.15) is 5.10 Å². The maximum atomic E-state index is 11.1. The Morgan fingerprint density at radius 1 is 1.50 bits per heavy atom. The number of amides is 2. The summed E-state index contributed by atoms with van der Waals surface area (Å²) in [6.07, 6.45) is 1.40. The largest absolute Gasteiger partial charge is 0.480 e. The zero-order valence-corrected chi connectivity index (χ0v) is 8.80. The second-order valence-electron chi connectivity index (χ2n) is 2.92. The van der Waals surface area contributed by atoms with Gasteiger partial charge in [-0.05, 0) is 6.92 Å². The average Bonchev–Trinajstić information content (AvgIpc) is 2.70. The van der Waals surface area contributed by atoms with Crippen LogP contribution >= 0.6 is 0 Å². The highest BCUT2D eigenvalue weighted by Gasteiger charge is 2.06. The van der Waals surface area contributed by atoms with Gasteiger partial charge in [0.1, 0.15) is 18.7 Å². The van der Waals surface area contributed by atoms with Gasteiger partial charge in [0.05, 0.1) is 6.54 Å². The Kier molecular flexibility index (Phi) is 4.25. The number of aryl methyl sites for hydroxylation is 1. The first kappa shape index (κ1) is 12.0. The summed E-state index contributed by atoms with van der Waals surface area (Å²) in [4.78, 5) is 25.2. The lowest BCUT2D eigenvalue weighted by Crippen LogP contribution is -2.38. The lowest BCUT2D eigenvalue weighted by Gasteiger charge is -2.05. The standard InChI is InChI=1S/C8H13N5O3/c1-2-13-6(11-5-12-13)3-9-8(16)10-4-7(14)15/h5H,2-4H2,1H3,(H,14,15)(H2,9,10,16). The second kappa shape index (κ2) is 5.69. The van der Waals surface area contributed by atoms with Crippen molar-refractivity contribution in [1.29, 1.82) is 0 Å². The Morgan fingerprint density at radius 3 is 2.88 bits per heavy atom. The molecule has 2 amide bonds. The quantitative estimate of drug-likeness (QED) is 0.609. The molecule has 0 fully saturated rings. The van der Waals surface area contributed by atoms with E-state index >= 15 is 0 Å². The summed E-state index contributed by atoms with van der Waals surface area (Å²) >= 11 is 0. The summed E-state index contributed by atoms with van der Waals surface area (Å²) in [6, 6.07) is -0.548. The molecule has 1 aromatic rings. The van der Waals surface area contributed by atoms with Gasteiger partial charge >= 0.3 is 12.0 Å². The fourth-order valence-corrected chi connectivity index (χ4v) is 1.07. The molecule has 0 atom stereocenters. The Balaban J connectivity index is 2.34. The van der Waals surface area contributed by atoms with Crippen LogP contribution in [-0.2, 0) is 17.9 Å². The Bertz CT molecular complexity index is 376. The van der Waals surface area contributed by atoms with Crippen molar-refractivity contribution in [3.63, 3.8) is 0 Å². The van der Waals surface area contributed by atoms with Crippen LogP contribution in [0.5, 0.6) is 0 Å². The maximum Gasteiger partial charge on any atom is 0.323 e. The fourth-order valence-electron chi connectivity index (χ4n) is 1.07. The van der Waals surface area contributed by atoms with Crippen LogP contribution in [0.15, 0.2) is 6.33 Å². The molecule has 0 radical (unpaired) electrons. The van der Waals surface area contributed by atoms with Crippen molar-refractivity contribution < 1.29 is 14.7 Å². The number of nitrogens with one attached hydrogen (secondary N) is 2. The van der Waals surface area contributed by atoms with Crippen LogP contribution in [0.4, 0.5) is 4.79 Å². The Labute approximate surface area is 91.7 Å². The second-order valence-corrected chi connectivity index (χ2v) is 2.92. The van der Waals surface area contributed by atoms with E-state index < -0.39 is 18.5 Å². The number of nitrogens with zero attached hydrogens (tertiary/aromatic N) is 3. The van der Waals surface area contributed by atoms with Crippen LogP contribution < -0.4 is 10.6 Å². The Hall–Kier alpha value is -2.12. The molecule has 88 valence electrons. The zero-order chi connectivity index (χ0) is 12.0. The fraction of sp³-hybridized carbons (Fsp3) is 0.500. The molecule has 1 heterocycles. The average molecular weight is 227 g/mol. The van der Waals surface area contributed by atoms with Gasteiger partial charge in [-0.25, -0.2) is 14.5 Å². The van der Waals surface area contributed by atoms with Crippen LogP contribution in [0.2, 0.25) is 0 Å². The third-order valence-electron chi connectivity index (χ3n) is 1.80. The van der Waals surface area contributed by atoms with Crippen LogP contribution in [0.1, 0.15) is 12.7 Å². The van der Waals surface area contributed by atoms with Gasteiger partial charge < -0.3 is 15.7 Å². The highest BCUT2D eigenvalue weighted by molar-refractivity contribution is 5.79. The van der Waals surface area contributed by atoms with Crippen LogP contribution in [0.3, 0.4) is 0 Å². The van der Waals surface area contributed by atoms with Gasteiger partial charge in [0, 0.05) is 6.54 Å². The molecule has 0 aliphatic rings. The number of carboxylic acids is 1. The van der Waals surface area contributed by atoms with E-state index in [1.807, 2.05) is 6.92 Å². The van der Waals surface area contributed by atoms with E-state index in [1.54, 1.807) is 4.68 Å². The van der Waals surface area contributed by atoms with Gasteiger partial charge in [-0.1, -0.05) is 0 Å². The molecular formula is C8H13N5O3. The first-order chi connectivity index (χ1) is 7.63. The molecule has 1 rings (SSSR count). The molecule has 0 aliphatic heterocycles. The van der Waals surface area contributed by atoms with Gasteiger partial charge in [0.15, 0.2) is 0 Å². The third kappa shape index (κ3) is 3.56. The smallest absolute Gasteiger partial charge is 0.323 e. The minimum atomic E-state index is -1.09. The summed E-state index contributed by atoms with van der Waals surface area (Å²) in [7, 11) is 0. The highest BCUT2D eigenvalue weighted by atomic mass is 16.4. The minimum Gasteiger partial charge on any atom is -0.480 e. The molecule has 0 aliphatic carbocycles. The molecule has 0 saturated carbocycles. The predicted octanol–water partition coefficient (Wildman–Crippen LogP) is -0.818. The van der Waals surface area contributed by atoms with Crippen LogP contribution in [0.25, 0.3) is 0 Å². The van der Waals surface area contributed by atoms with E-state index in [4.69, 9.17) is 5.11 Å². The van der Waals surface area contributed by atoms with Crippen molar-refractivity contribution in [1.82, 2.24) is 25.4 Å². The van der Waals surface area contributed by atoms with E-state index in [1.165, 1.54) is 6.33 Å². The molecule has 16 heavy (non-hydrogen) atoms. The summed E-state index contributed by atoms with van der Waals surface area (Å²) in [5.74, 6) is -0.472. The number of carbonyl (C=O) groups excluding carboxylic acids is 1. The number of urea groups is 1. The summed E-state index contributed by atoms with van der Waals surface area (Å²) in [6.45, 7) is 2.36. The van der Waals surface area contributed by atoms with Gasteiger partial charge in [-0.15, -0.1) is 0 Å². The number of rotatable bonds is 5. The lowest BCUT2D eigenvalue weighted by molar-refractivity contribution is -0.135. The van der Waals surface area contributed by atoms with E-state index in [0.717, 1.165) is 0 Å². The normalized spacial score (nSPS) is 9.81. The first-order valence-corrected chi connectivity index (χ1v) is 4.73. The summed E-state index contributed by atoms with van der Waals surface area (Å²) < 4.78 is 1.64. The number of hydrogen-bond acceptors (Lipinski definition) is 4. The van der Waals surface area contributed by atoms with Crippen molar-refractivity contribution in [3.05, 3.63) is 12.2 Å². The van der Waals surface area contributed by atoms with Gasteiger partial charge in [-0.3, -0.25) is 4.79 Å². The molecule has 3 N–H and O–H groups in total. The van der Waals surface area contributed by atoms with E-state index in [9.17, 15) is 9.59 Å². The van der Waals surface area contributed by atoms with E-state index in [-0.39, 0.29) is 6.54 Å². The molecule has 1 aromatic heterocycles. The number of carboxylic acid groups (broad SMARTS) is 1. The van der Waals surface area contributed by atoms with Crippen molar-refractivity contribution >= 4 is 12.0 Å². The number of aliphatic carboxylic acids is 1. The molecule has 0 bridgehead atoms. The topological polar surface area (TPSA) is 109 Å². The monoisotopic (exact) mass is 227 g/mol. The lowest BCUT2D eigenvalue weighted by atomic mass is 10.5. The van der Waals surface area contributed by atoms with Crippen LogP contribution in [0, 0.1) is 0 Å². The third-order valence-corrected chi connectivity index (χ3v) is 1.80. The van der Waals surface area contributed by atoms with Crippen molar-refractivity contribution in [2.75, 3.05) is 6.54 Å². The summed E-state index contributed by atoms with van der Waals surface area (Å²) in [5, 5.41) is 16.9. The first-order valence-electron chi connectivity index (χ1n) is 4.73. The Morgan fingerprint density at radius 2 is 2.25 bits per heavy atom. The zero-order valence-electron chi connectivity index (χ0n) is 8.80. The minimum absolute atomic E-state index is 0.208. The number of hydrogen-bond donors (Lipinski definition) is 3. The maximum absolute atomic E-state index is 11.1. The van der Waals surface area contributed by atoms with Crippen molar-refractivity contribution in [2.45, 2.75) is 20.0 Å². The van der Waals surface area contributed by atoms with E-state index in [2.05, 4.69) is 20.7 Å². The number of carbonyl (C=O) groups is 2. The van der Waals surface area contributed by atoms with Crippen molar-refractivity contribution in [2.24, 2.45) is 0 Å². The predicted molar refractivity (Wildman–Crippen MR) is 53.6 cm³/mol. The van der Waals surface area contributed by atoms with E-state index in [0.29, 0.717) is 12.4 Å². The molecule has 0 unspecified atom stereocenters. The molecule has 8 heteroatoms. The number of aromatic nitrogens is 3. The molecule has 0 aromatic carbocycles. The molecule has 0 saturated heterocycles. The molecule has 0 spiro atoms. The van der Waals surface area contributed by atoms with Gasteiger partial charge in [0.2, 0.25) is 0 Å².